The van der Waals surface area contributed by atoms with Gasteiger partial charge in [0, 0.05) is 30.6 Å². The molecule has 1 aromatic carbocycles. The van der Waals surface area contributed by atoms with E-state index in [1.54, 1.807) is 6.92 Å². The van der Waals surface area contributed by atoms with E-state index in [0.29, 0.717) is 25.1 Å². The Hall–Kier alpha value is -1.93. The third-order valence-corrected chi connectivity index (χ3v) is 6.69. The van der Waals surface area contributed by atoms with Gasteiger partial charge in [0.1, 0.15) is 0 Å². The molecule has 8 heteroatoms. The summed E-state index contributed by atoms with van der Waals surface area (Å²) in [6, 6.07) is 5.66. The number of carbonyl (C=O) groups is 2. The van der Waals surface area contributed by atoms with E-state index in [4.69, 9.17) is 0 Å². The highest BCUT2D eigenvalue weighted by molar-refractivity contribution is 7.89. The number of benzene rings is 1. The molecule has 156 valence electrons. The lowest BCUT2D eigenvalue weighted by molar-refractivity contribution is -0.125. The van der Waals surface area contributed by atoms with Gasteiger partial charge in [0.05, 0.1) is 4.90 Å². The molecule has 1 saturated carbocycles. The lowest BCUT2D eigenvalue weighted by Gasteiger charge is -2.20. The molecule has 0 bridgehead atoms. The highest BCUT2D eigenvalue weighted by atomic mass is 32.2. The Morgan fingerprint density at radius 2 is 1.64 bits per heavy atom. The van der Waals surface area contributed by atoms with Crippen molar-refractivity contribution < 1.29 is 18.0 Å². The van der Waals surface area contributed by atoms with Crippen LogP contribution in [0.5, 0.6) is 0 Å². The maximum absolute atomic E-state index is 12.2. The quantitative estimate of drug-likeness (QED) is 0.544. The minimum absolute atomic E-state index is 0.0670. The van der Waals surface area contributed by atoms with Crippen molar-refractivity contribution in [3.8, 4) is 0 Å². The minimum Gasteiger partial charge on any atom is -0.354 e. The van der Waals surface area contributed by atoms with E-state index in [0.717, 1.165) is 25.7 Å². The number of sulfonamides is 1. The second-order valence-electron chi connectivity index (χ2n) is 7.34. The van der Waals surface area contributed by atoms with E-state index < -0.39 is 10.0 Å². The molecule has 1 fully saturated rings. The first-order chi connectivity index (χ1) is 13.3. The molecule has 2 rings (SSSR count). The van der Waals surface area contributed by atoms with E-state index in [-0.39, 0.29) is 28.7 Å². The standard InChI is InChI=1S/C20H31N3O4S/c1-3-15(2)23-28(26,27)18-11-9-17(10-12-18)20(25)22-14-13-21-19(24)16-7-5-4-6-8-16/h9-12,15-16,23H,3-8,13-14H2,1-2H3,(H,21,24)(H,22,25). The molecule has 2 amide bonds. The molecule has 7 nitrogen and oxygen atoms in total. The number of carbonyl (C=O) groups excluding carboxylic acids is 2. The van der Waals surface area contributed by atoms with Crippen LogP contribution in [-0.2, 0) is 14.8 Å². The molecule has 0 aliphatic heterocycles. The lowest BCUT2D eigenvalue weighted by Crippen LogP contribution is -2.38. The van der Waals surface area contributed by atoms with Crippen LogP contribution in [-0.4, -0.2) is 39.4 Å². The zero-order chi connectivity index (χ0) is 20.6. The Bertz CT molecular complexity index is 756. The predicted octanol–water partition coefficient (Wildman–Crippen LogP) is 2.19. The molecule has 1 aliphatic carbocycles. The lowest BCUT2D eigenvalue weighted by atomic mass is 9.89. The van der Waals surface area contributed by atoms with Crippen LogP contribution in [0.2, 0.25) is 0 Å². The fourth-order valence-electron chi connectivity index (χ4n) is 3.17. The van der Waals surface area contributed by atoms with Gasteiger partial charge in [-0.05, 0) is 50.5 Å². The summed E-state index contributed by atoms with van der Waals surface area (Å²) in [5.74, 6) is -0.133. The molecule has 0 aromatic heterocycles. The van der Waals surface area contributed by atoms with Crippen molar-refractivity contribution in [2.45, 2.75) is 63.3 Å². The molecule has 0 spiro atoms. The number of hydrogen-bond acceptors (Lipinski definition) is 4. The van der Waals surface area contributed by atoms with Gasteiger partial charge in [0.25, 0.3) is 5.91 Å². The van der Waals surface area contributed by atoms with Gasteiger partial charge in [-0.2, -0.15) is 0 Å². The van der Waals surface area contributed by atoms with Gasteiger partial charge in [0.2, 0.25) is 15.9 Å². The largest absolute Gasteiger partial charge is 0.354 e. The summed E-state index contributed by atoms with van der Waals surface area (Å²) in [6.45, 7) is 4.41. The smallest absolute Gasteiger partial charge is 0.251 e. The van der Waals surface area contributed by atoms with E-state index in [2.05, 4.69) is 15.4 Å². The Morgan fingerprint density at radius 1 is 1.04 bits per heavy atom. The van der Waals surface area contributed by atoms with Gasteiger partial charge >= 0.3 is 0 Å². The first-order valence-corrected chi connectivity index (χ1v) is 11.5. The van der Waals surface area contributed by atoms with Crippen molar-refractivity contribution in [2.75, 3.05) is 13.1 Å². The van der Waals surface area contributed by atoms with Gasteiger partial charge in [-0.1, -0.05) is 26.2 Å². The van der Waals surface area contributed by atoms with Crippen molar-refractivity contribution in [2.24, 2.45) is 5.92 Å². The fourth-order valence-corrected chi connectivity index (χ4v) is 4.50. The summed E-state index contributed by atoms with van der Waals surface area (Å²) in [5, 5.41) is 5.61. The monoisotopic (exact) mass is 409 g/mol. The Labute approximate surface area is 167 Å². The third kappa shape index (κ3) is 6.60. The van der Waals surface area contributed by atoms with Crippen molar-refractivity contribution in [1.82, 2.24) is 15.4 Å². The average molecular weight is 410 g/mol. The van der Waals surface area contributed by atoms with E-state index in [9.17, 15) is 18.0 Å². The molecule has 1 aliphatic rings. The van der Waals surface area contributed by atoms with Gasteiger partial charge < -0.3 is 10.6 Å². The van der Waals surface area contributed by atoms with Gasteiger partial charge in [-0.15, -0.1) is 0 Å². The zero-order valence-electron chi connectivity index (χ0n) is 16.7. The van der Waals surface area contributed by atoms with E-state index in [1.807, 2.05) is 6.92 Å². The Morgan fingerprint density at radius 3 is 2.25 bits per heavy atom. The highest BCUT2D eigenvalue weighted by Gasteiger charge is 2.20. The second-order valence-corrected chi connectivity index (χ2v) is 9.05. The molecule has 0 heterocycles. The first-order valence-electron chi connectivity index (χ1n) is 10.0. The van der Waals surface area contributed by atoms with Crippen LogP contribution in [0.15, 0.2) is 29.2 Å². The van der Waals surface area contributed by atoms with Crippen LogP contribution in [0.1, 0.15) is 62.7 Å². The molecule has 0 radical (unpaired) electrons. The third-order valence-electron chi connectivity index (χ3n) is 5.08. The van der Waals surface area contributed by atoms with Crippen molar-refractivity contribution in [1.29, 1.82) is 0 Å². The fraction of sp³-hybridized carbons (Fsp3) is 0.600. The summed E-state index contributed by atoms with van der Waals surface area (Å²) in [6.07, 6.45) is 5.99. The highest BCUT2D eigenvalue weighted by Crippen LogP contribution is 2.23. The zero-order valence-corrected chi connectivity index (χ0v) is 17.5. The maximum Gasteiger partial charge on any atom is 0.251 e. The number of amides is 2. The van der Waals surface area contributed by atoms with Crippen molar-refractivity contribution >= 4 is 21.8 Å². The van der Waals surface area contributed by atoms with E-state index in [1.165, 1.54) is 30.7 Å². The summed E-state index contributed by atoms with van der Waals surface area (Å²) in [4.78, 5) is 24.4. The van der Waals surface area contributed by atoms with Crippen LogP contribution in [0.25, 0.3) is 0 Å². The Kier molecular flexibility index (Phi) is 8.44. The summed E-state index contributed by atoms with van der Waals surface area (Å²) in [7, 11) is -3.58. The van der Waals surface area contributed by atoms with Crippen LogP contribution >= 0.6 is 0 Å². The average Bonchev–Trinajstić information content (AvgIpc) is 2.71. The number of hydrogen-bond donors (Lipinski definition) is 3. The van der Waals surface area contributed by atoms with E-state index >= 15 is 0 Å². The van der Waals surface area contributed by atoms with Crippen molar-refractivity contribution in [3.05, 3.63) is 29.8 Å². The normalized spacial score (nSPS) is 16.4. The van der Waals surface area contributed by atoms with Crippen molar-refractivity contribution in [3.63, 3.8) is 0 Å². The molecular formula is C20H31N3O4S. The molecule has 1 aromatic rings. The first kappa shape index (κ1) is 22.4. The van der Waals surface area contributed by atoms with Crippen LogP contribution in [0, 0.1) is 5.92 Å². The summed E-state index contributed by atoms with van der Waals surface area (Å²) < 4.78 is 27.1. The molecule has 1 unspecified atom stereocenters. The van der Waals surface area contributed by atoms with Crippen LogP contribution in [0.3, 0.4) is 0 Å². The maximum atomic E-state index is 12.2. The summed E-state index contributed by atoms with van der Waals surface area (Å²) in [5.41, 5.74) is 0.376. The number of nitrogens with one attached hydrogen (secondary N) is 3. The summed E-state index contributed by atoms with van der Waals surface area (Å²) >= 11 is 0. The van der Waals surface area contributed by atoms with Crippen LogP contribution in [0.4, 0.5) is 0 Å². The number of rotatable bonds is 9. The second kappa shape index (κ2) is 10.6. The Balaban J connectivity index is 1.78. The molecule has 3 N–H and O–H groups in total. The predicted molar refractivity (Wildman–Crippen MR) is 108 cm³/mol. The molecular weight excluding hydrogens is 378 g/mol. The van der Waals surface area contributed by atoms with Crippen LogP contribution < -0.4 is 15.4 Å². The van der Waals surface area contributed by atoms with Gasteiger partial charge in [-0.3, -0.25) is 9.59 Å². The molecule has 28 heavy (non-hydrogen) atoms. The van der Waals surface area contributed by atoms with Gasteiger partial charge in [-0.25, -0.2) is 13.1 Å². The molecule has 0 saturated heterocycles. The molecule has 1 atom stereocenters. The van der Waals surface area contributed by atoms with Gasteiger partial charge in [0.15, 0.2) is 0 Å². The SMILES string of the molecule is CCC(C)NS(=O)(=O)c1ccc(C(=O)NCCNC(=O)C2CCCCC2)cc1. The minimum atomic E-state index is -3.58. The topological polar surface area (TPSA) is 104 Å².